The third-order valence-electron chi connectivity index (χ3n) is 4.36. The van der Waals surface area contributed by atoms with E-state index in [9.17, 15) is 4.79 Å². The van der Waals surface area contributed by atoms with E-state index in [2.05, 4.69) is 9.88 Å². The molecule has 5 nitrogen and oxygen atoms in total. The fourth-order valence-electron chi connectivity index (χ4n) is 2.97. The summed E-state index contributed by atoms with van der Waals surface area (Å²) in [5, 5.41) is 2.92. The molecule has 3 rings (SSSR count). The third-order valence-corrected chi connectivity index (χ3v) is 4.36. The second kappa shape index (κ2) is 7.95. The van der Waals surface area contributed by atoms with Crippen LogP contribution in [0.3, 0.4) is 0 Å². The van der Waals surface area contributed by atoms with Crippen LogP contribution in [0.4, 0.5) is 0 Å². The Labute approximate surface area is 153 Å². The van der Waals surface area contributed by atoms with Gasteiger partial charge in [0.2, 0.25) is 0 Å². The molecule has 0 fully saturated rings. The summed E-state index contributed by atoms with van der Waals surface area (Å²) in [7, 11) is 0. The number of aryl methyl sites for hydroxylation is 2. The van der Waals surface area contributed by atoms with Crippen LogP contribution < -0.4 is 10.1 Å². The Morgan fingerprint density at radius 1 is 1.15 bits per heavy atom. The minimum atomic E-state index is -0.0864. The van der Waals surface area contributed by atoms with Gasteiger partial charge in [-0.2, -0.15) is 0 Å². The molecule has 0 saturated heterocycles. The second-order valence-corrected chi connectivity index (χ2v) is 6.37. The minimum Gasteiger partial charge on any atom is -0.492 e. The number of rotatable bonds is 7. The molecule has 0 aliphatic rings. The number of ether oxygens (including phenoxy) is 1. The van der Waals surface area contributed by atoms with Crippen LogP contribution in [0.1, 0.15) is 33.1 Å². The SMILES string of the molecule is Cc1cccc(OCCNC(=O)c2cc(C)n(Cc3ccco3)c2C)c1. The number of benzene rings is 1. The fraction of sp³-hybridized carbons (Fsp3) is 0.286. The molecule has 0 bridgehead atoms. The molecule has 2 aromatic heterocycles. The van der Waals surface area contributed by atoms with Gasteiger partial charge in [-0.1, -0.05) is 12.1 Å². The Kier molecular flexibility index (Phi) is 5.46. The van der Waals surface area contributed by atoms with Gasteiger partial charge in [0.25, 0.3) is 5.91 Å². The van der Waals surface area contributed by atoms with Crippen molar-refractivity contribution in [3.05, 3.63) is 77.0 Å². The number of nitrogens with one attached hydrogen (secondary N) is 1. The number of hydrogen-bond donors (Lipinski definition) is 1. The average Bonchev–Trinajstić information content (AvgIpc) is 3.22. The van der Waals surface area contributed by atoms with Gasteiger partial charge in [-0.3, -0.25) is 4.79 Å². The van der Waals surface area contributed by atoms with Crippen molar-refractivity contribution in [2.75, 3.05) is 13.2 Å². The summed E-state index contributed by atoms with van der Waals surface area (Å²) in [5.41, 5.74) is 3.79. The molecule has 5 heteroatoms. The van der Waals surface area contributed by atoms with Crippen LogP contribution in [-0.2, 0) is 6.54 Å². The molecule has 0 aliphatic heterocycles. The molecule has 0 atom stereocenters. The normalized spacial score (nSPS) is 10.7. The van der Waals surface area contributed by atoms with Gasteiger partial charge in [0.15, 0.2) is 0 Å². The van der Waals surface area contributed by atoms with Crippen molar-refractivity contribution in [2.45, 2.75) is 27.3 Å². The van der Waals surface area contributed by atoms with Gasteiger partial charge >= 0.3 is 0 Å². The first-order chi connectivity index (χ1) is 12.5. The first-order valence-electron chi connectivity index (χ1n) is 8.71. The number of amides is 1. The van der Waals surface area contributed by atoms with E-state index in [-0.39, 0.29) is 5.91 Å². The maximum absolute atomic E-state index is 12.5. The lowest BCUT2D eigenvalue weighted by Crippen LogP contribution is -2.28. The predicted molar refractivity (Wildman–Crippen MR) is 101 cm³/mol. The van der Waals surface area contributed by atoms with Gasteiger partial charge in [0, 0.05) is 11.4 Å². The van der Waals surface area contributed by atoms with Gasteiger partial charge in [-0.15, -0.1) is 0 Å². The number of aromatic nitrogens is 1. The lowest BCUT2D eigenvalue weighted by atomic mass is 10.2. The number of furan rings is 1. The van der Waals surface area contributed by atoms with E-state index in [1.54, 1.807) is 6.26 Å². The molecule has 0 aliphatic carbocycles. The number of carbonyl (C=O) groups excluding carboxylic acids is 1. The summed E-state index contributed by atoms with van der Waals surface area (Å²) in [6.07, 6.45) is 1.66. The minimum absolute atomic E-state index is 0.0864. The molecule has 0 unspecified atom stereocenters. The zero-order valence-electron chi connectivity index (χ0n) is 15.4. The maximum Gasteiger partial charge on any atom is 0.253 e. The maximum atomic E-state index is 12.5. The van der Waals surface area contributed by atoms with Crippen molar-refractivity contribution in [2.24, 2.45) is 0 Å². The first-order valence-corrected chi connectivity index (χ1v) is 8.71. The van der Waals surface area contributed by atoms with Crippen LogP contribution in [0.25, 0.3) is 0 Å². The molecule has 3 aromatic rings. The van der Waals surface area contributed by atoms with Gasteiger partial charge in [-0.25, -0.2) is 0 Å². The molecule has 1 N–H and O–H groups in total. The summed E-state index contributed by atoms with van der Waals surface area (Å²) < 4.78 is 13.2. The fourth-order valence-corrected chi connectivity index (χ4v) is 2.97. The Hall–Kier alpha value is -2.95. The molecule has 0 radical (unpaired) electrons. The largest absolute Gasteiger partial charge is 0.492 e. The van der Waals surface area contributed by atoms with E-state index in [4.69, 9.17) is 9.15 Å². The molecule has 1 aromatic carbocycles. The Morgan fingerprint density at radius 3 is 2.73 bits per heavy atom. The van der Waals surface area contributed by atoms with Crippen LogP contribution in [0.5, 0.6) is 5.75 Å². The first kappa shape index (κ1) is 17.9. The molecule has 136 valence electrons. The second-order valence-electron chi connectivity index (χ2n) is 6.37. The molecule has 0 saturated carbocycles. The number of nitrogens with zero attached hydrogens (tertiary/aromatic N) is 1. The summed E-state index contributed by atoms with van der Waals surface area (Å²) in [5.74, 6) is 1.60. The highest BCUT2D eigenvalue weighted by Gasteiger charge is 2.16. The molecule has 2 heterocycles. The highest BCUT2D eigenvalue weighted by Crippen LogP contribution is 2.17. The van der Waals surface area contributed by atoms with Crippen molar-refractivity contribution < 1.29 is 13.9 Å². The van der Waals surface area contributed by atoms with Gasteiger partial charge in [0.1, 0.15) is 18.1 Å². The van der Waals surface area contributed by atoms with Crippen molar-refractivity contribution >= 4 is 5.91 Å². The zero-order chi connectivity index (χ0) is 18.5. The van der Waals surface area contributed by atoms with E-state index in [1.165, 1.54) is 0 Å². The summed E-state index contributed by atoms with van der Waals surface area (Å²) >= 11 is 0. The monoisotopic (exact) mass is 352 g/mol. The summed E-state index contributed by atoms with van der Waals surface area (Å²) in [6.45, 7) is 7.47. The van der Waals surface area contributed by atoms with Crippen LogP contribution >= 0.6 is 0 Å². The lowest BCUT2D eigenvalue weighted by Gasteiger charge is -2.09. The van der Waals surface area contributed by atoms with E-state index >= 15 is 0 Å². The smallest absolute Gasteiger partial charge is 0.253 e. The molecular formula is C21H24N2O3. The van der Waals surface area contributed by atoms with Crippen LogP contribution in [0, 0.1) is 20.8 Å². The topological polar surface area (TPSA) is 56.4 Å². The molecule has 0 spiro atoms. The van der Waals surface area contributed by atoms with Crippen molar-refractivity contribution in [1.29, 1.82) is 0 Å². The van der Waals surface area contributed by atoms with E-state index in [0.29, 0.717) is 25.3 Å². The molecular weight excluding hydrogens is 328 g/mol. The number of carbonyl (C=O) groups is 1. The summed E-state index contributed by atoms with van der Waals surface area (Å²) in [6, 6.07) is 13.6. The van der Waals surface area contributed by atoms with Gasteiger partial charge < -0.3 is 19.0 Å². The van der Waals surface area contributed by atoms with Crippen LogP contribution in [-0.4, -0.2) is 23.6 Å². The van der Waals surface area contributed by atoms with Crippen molar-refractivity contribution in [3.8, 4) is 5.75 Å². The molecule has 26 heavy (non-hydrogen) atoms. The van der Waals surface area contributed by atoms with Gasteiger partial charge in [-0.05, 0) is 56.7 Å². The van der Waals surface area contributed by atoms with E-state index in [0.717, 1.165) is 28.5 Å². The number of hydrogen-bond acceptors (Lipinski definition) is 3. The van der Waals surface area contributed by atoms with Crippen LogP contribution in [0.2, 0.25) is 0 Å². The third kappa shape index (κ3) is 4.17. The van der Waals surface area contributed by atoms with Crippen molar-refractivity contribution in [1.82, 2.24) is 9.88 Å². The van der Waals surface area contributed by atoms with Crippen LogP contribution in [0.15, 0.2) is 53.1 Å². The summed E-state index contributed by atoms with van der Waals surface area (Å²) in [4.78, 5) is 12.5. The molecule has 1 amide bonds. The van der Waals surface area contributed by atoms with E-state index < -0.39 is 0 Å². The van der Waals surface area contributed by atoms with E-state index in [1.807, 2.05) is 63.2 Å². The highest BCUT2D eigenvalue weighted by atomic mass is 16.5. The average molecular weight is 352 g/mol. The Morgan fingerprint density at radius 2 is 2.00 bits per heavy atom. The Bertz CT molecular complexity index is 879. The zero-order valence-corrected chi connectivity index (χ0v) is 15.4. The standard InChI is InChI=1S/C21H24N2O3/c1-15-6-4-7-18(12-15)26-11-9-22-21(24)20-13-16(2)23(17(20)3)14-19-8-5-10-25-19/h4-8,10,12-13H,9,11,14H2,1-3H3,(H,22,24). The van der Waals surface area contributed by atoms with Crippen molar-refractivity contribution in [3.63, 3.8) is 0 Å². The Balaban J connectivity index is 1.56. The quantitative estimate of drug-likeness (QED) is 0.657. The highest BCUT2D eigenvalue weighted by molar-refractivity contribution is 5.95. The van der Waals surface area contributed by atoms with Gasteiger partial charge in [0.05, 0.1) is 24.9 Å². The predicted octanol–water partition coefficient (Wildman–Crippen LogP) is 3.86. The lowest BCUT2D eigenvalue weighted by molar-refractivity contribution is 0.0946.